The maximum atomic E-state index is 13.2. The Morgan fingerprint density at radius 2 is 1.06 bits per heavy atom. The summed E-state index contributed by atoms with van der Waals surface area (Å²) in [5.41, 5.74) is 6.35. The van der Waals surface area contributed by atoms with Crippen molar-refractivity contribution in [3.05, 3.63) is 252 Å². The summed E-state index contributed by atoms with van der Waals surface area (Å²) in [6, 6.07) is 55.3. The number of fused-ring (bicyclic) bond motifs is 1. The van der Waals surface area contributed by atoms with E-state index in [-0.39, 0.29) is 11.5 Å². The van der Waals surface area contributed by atoms with Gasteiger partial charge >= 0.3 is 6.18 Å². The number of thiophene rings is 2. The molecule has 115 heavy (non-hydrogen) atoms. The molecule has 1 saturated heterocycles. The first-order valence-corrected chi connectivity index (χ1v) is 45.3. The van der Waals surface area contributed by atoms with Crippen molar-refractivity contribution in [3.63, 3.8) is 0 Å². The molecule has 0 spiro atoms. The van der Waals surface area contributed by atoms with Gasteiger partial charge in [0.15, 0.2) is 5.69 Å². The molecule has 1 atom stereocenters. The number of rotatable bonds is 17. The lowest BCUT2D eigenvalue weighted by Gasteiger charge is -2.29. The first-order valence-electron chi connectivity index (χ1n) is 42.8. The molecule has 0 amide bonds. The average Bonchev–Trinajstić information content (AvgIpc) is 1.64. The molecule has 1 aliphatic heterocycles. The quantitative estimate of drug-likeness (QED) is 0.0905. The Bertz CT molecular complexity index is 3830. The normalized spacial score (nSPS) is 13.1. The molecule has 12 rings (SSSR count). The van der Waals surface area contributed by atoms with Crippen molar-refractivity contribution in [2.75, 3.05) is 26.3 Å². The molecule has 7 nitrogen and oxygen atoms in total. The molecule has 0 N–H and O–H groups in total. The van der Waals surface area contributed by atoms with E-state index in [1.165, 1.54) is 124 Å². The van der Waals surface area contributed by atoms with Crippen molar-refractivity contribution < 1.29 is 26.8 Å². The fourth-order valence-corrected chi connectivity index (χ4v) is 15.6. The van der Waals surface area contributed by atoms with E-state index >= 15 is 0 Å². The van der Waals surface area contributed by atoms with Crippen LogP contribution in [0.4, 0.5) is 13.2 Å². The highest BCUT2D eigenvalue weighted by atomic mass is 35.5. The minimum absolute atomic E-state index is 0.183. The number of hydrogen-bond donors (Lipinski definition) is 0. The summed E-state index contributed by atoms with van der Waals surface area (Å²) in [5, 5.41) is 12.5. The molecule has 6 heterocycles. The van der Waals surface area contributed by atoms with Crippen molar-refractivity contribution in [1.82, 2.24) is 19.8 Å². The van der Waals surface area contributed by atoms with Crippen LogP contribution in [0.5, 0.6) is 0 Å². The average molecular weight is 1660 g/mol. The maximum absolute atomic E-state index is 13.2. The number of aryl methyl sites for hydroxylation is 2. The van der Waals surface area contributed by atoms with E-state index in [0.29, 0.717) is 40.4 Å². The van der Waals surface area contributed by atoms with E-state index < -0.39 is 11.9 Å². The highest BCUT2D eigenvalue weighted by molar-refractivity contribution is 7.19. The van der Waals surface area contributed by atoms with E-state index in [1.54, 1.807) is 20.1 Å². The summed E-state index contributed by atoms with van der Waals surface area (Å²) >= 11 is 15.2. The molecule has 5 aromatic heterocycles. The Hall–Kier alpha value is -6.25. The predicted octanol–water partition coefficient (Wildman–Crippen LogP) is 33.3. The number of benzene rings is 5. The van der Waals surface area contributed by atoms with E-state index in [4.69, 9.17) is 36.9 Å². The Morgan fingerprint density at radius 3 is 1.42 bits per heavy atom. The van der Waals surface area contributed by atoms with Gasteiger partial charge in [0, 0.05) is 60.7 Å². The molecule has 1 aliphatic carbocycles. The number of alkyl halides is 3. The van der Waals surface area contributed by atoms with Crippen molar-refractivity contribution in [3.8, 4) is 5.69 Å². The van der Waals surface area contributed by atoms with E-state index in [1.807, 2.05) is 60.8 Å². The van der Waals surface area contributed by atoms with Crippen molar-refractivity contribution >= 4 is 56.0 Å². The summed E-state index contributed by atoms with van der Waals surface area (Å²) in [7, 11) is 0. The van der Waals surface area contributed by atoms with Crippen LogP contribution in [0.15, 0.2) is 191 Å². The van der Waals surface area contributed by atoms with Gasteiger partial charge in [-0.05, 0) is 219 Å². The molecule has 10 aromatic rings. The van der Waals surface area contributed by atoms with E-state index in [0.717, 1.165) is 107 Å². The highest BCUT2D eigenvalue weighted by Crippen LogP contribution is 2.37. The van der Waals surface area contributed by atoms with Gasteiger partial charge in [0.05, 0.1) is 37.1 Å². The van der Waals surface area contributed by atoms with Gasteiger partial charge in [0.1, 0.15) is 11.5 Å². The smallest absolute Gasteiger partial charge is 0.433 e. The number of furan rings is 1. The van der Waals surface area contributed by atoms with Gasteiger partial charge in [-0.3, -0.25) is 4.90 Å². The van der Waals surface area contributed by atoms with Crippen LogP contribution in [0.3, 0.4) is 0 Å². The lowest BCUT2D eigenvalue weighted by atomic mass is 9.82. The van der Waals surface area contributed by atoms with Crippen LogP contribution in [0, 0.1) is 55.3 Å². The standard InChI is InChI=1S/C13H12ClF3N2.C12H18.C11H12S.C10H13Cl.C10H14.C9H18.C8H13NO.C7H15NO.C7H10O.C7H10S.C7H16/c1-8(2)11-7-18-19(12(11)13(15,16)17)10-5-3-9(14)4-6-10;1-4-12(10(2)3)11-8-6-5-7-9-11;1-8(2)11-7-9-5-3-4-6-10(9)12-11;1-8(2)7-9-3-5-10(11)6-4-9;1-9(2)8-10-6-4-3-5-7-10;1-8(2)9-6-4-3-5-7-9;1-5(2)8-6(3)9-10-7(8)4;1-7(2)8-3-5-9-6-4-8;2*1-6(2)7-4-3-5-8-7;1-6(2)5-7(3)4/h3-8H,1-2H3;5-10,12H,4H2,1-3H3;3-8H,1-2H3;3-6,8H,7H2,1-2H3;3-7,9H,8H2,1-2H3;8-9H,3-7H2,1-2H3;5H,1-4H3;7H,3-6H2,1-2H3;2*3-6H,1-2H3;6-7H,5H2,1-4H3. The Balaban J connectivity index is 0.000000434. The summed E-state index contributed by atoms with van der Waals surface area (Å²) in [5.74, 6) is 10.9. The zero-order valence-electron chi connectivity index (χ0n) is 75.8. The number of halogens is 5. The van der Waals surface area contributed by atoms with Crippen LogP contribution < -0.4 is 0 Å². The number of hydrogen-bond acceptors (Lipinski definition) is 8. The number of morpholine rings is 1. The molecule has 640 valence electrons. The maximum Gasteiger partial charge on any atom is 0.433 e. The third kappa shape index (κ3) is 44.4. The molecular weight excluding hydrogens is 1510 g/mol. The fraction of sp³-hybridized carbons (Fsp3) is 0.545. The molecule has 2 fully saturated rings. The van der Waals surface area contributed by atoms with Gasteiger partial charge in [-0.2, -0.15) is 18.3 Å². The summed E-state index contributed by atoms with van der Waals surface area (Å²) in [6.07, 6.45) is 10.9. The van der Waals surface area contributed by atoms with Crippen LogP contribution in [-0.4, -0.2) is 52.2 Å². The molecule has 14 heteroatoms. The number of ether oxygens (including phenoxy) is 1. The van der Waals surface area contributed by atoms with E-state index in [2.05, 4.69) is 295 Å². The van der Waals surface area contributed by atoms with Crippen LogP contribution in [0.25, 0.3) is 15.8 Å². The van der Waals surface area contributed by atoms with Crippen LogP contribution in [0.2, 0.25) is 10.0 Å². The second-order valence-electron chi connectivity index (χ2n) is 34.4. The third-order valence-corrected chi connectivity index (χ3v) is 22.6. The largest absolute Gasteiger partial charge is 0.469 e. The monoisotopic (exact) mass is 1660 g/mol. The Labute approximate surface area is 715 Å². The van der Waals surface area contributed by atoms with Crippen molar-refractivity contribution in [2.45, 2.75) is 292 Å². The first kappa shape index (κ1) is 105. The molecule has 0 radical (unpaired) electrons. The SMILES string of the molecule is CC(C)C1CCCCC1.CC(C)CC(C)C.CC(C)Cc1ccc(Cl)cc1.CC(C)Cc1ccccc1.CC(C)N1CCOCC1.CC(C)c1cc2ccccc2s1.CC(C)c1ccco1.CC(C)c1cccs1.CC(C)c1cnn(-c2ccc(Cl)cc2)c1C(F)(F)F.CCC(c1ccccc1)C(C)C.Cc1noc(C)c1C(C)C. The second-order valence-corrected chi connectivity index (χ2v) is 37.4. The fourth-order valence-electron chi connectivity index (χ4n) is 13.5. The molecule has 0 bridgehead atoms. The highest BCUT2D eigenvalue weighted by Gasteiger charge is 2.39. The van der Waals surface area contributed by atoms with Crippen molar-refractivity contribution in [2.24, 2.45) is 41.4 Å². The predicted molar refractivity (Wildman–Crippen MR) is 497 cm³/mol. The Morgan fingerprint density at radius 1 is 0.539 bits per heavy atom. The van der Waals surface area contributed by atoms with Gasteiger partial charge in [0.2, 0.25) is 0 Å². The molecule has 5 aromatic carbocycles. The zero-order valence-corrected chi connectivity index (χ0v) is 79.0. The Kier molecular flexibility index (Phi) is 52.7. The summed E-state index contributed by atoms with van der Waals surface area (Å²) in [6.45, 7) is 62.8. The number of aromatic nitrogens is 3. The second kappa shape index (κ2) is 57.8. The minimum atomic E-state index is -4.45. The number of nitrogens with zero attached hydrogens (tertiary/aromatic N) is 4. The first-order chi connectivity index (χ1) is 54.3. The lowest BCUT2D eigenvalue weighted by Crippen LogP contribution is -2.40. The van der Waals surface area contributed by atoms with Crippen molar-refractivity contribution in [1.29, 1.82) is 0 Å². The third-order valence-electron chi connectivity index (χ3n) is 19.5. The molecule has 1 unspecified atom stereocenters. The van der Waals surface area contributed by atoms with Gasteiger partial charge in [-0.25, -0.2) is 4.68 Å². The van der Waals surface area contributed by atoms with Crippen LogP contribution in [0.1, 0.15) is 314 Å². The summed E-state index contributed by atoms with van der Waals surface area (Å²) in [4.78, 5) is 5.39. The zero-order chi connectivity index (χ0) is 86.3. The molecular formula is C101H151Cl2F3N4O3S2. The summed E-state index contributed by atoms with van der Waals surface area (Å²) < 4.78 is 57.2. The lowest BCUT2D eigenvalue weighted by molar-refractivity contribution is -0.143. The topological polar surface area (TPSA) is 69.5 Å². The van der Waals surface area contributed by atoms with E-state index in [9.17, 15) is 13.2 Å². The minimum Gasteiger partial charge on any atom is -0.469 e. The van der Waals surface area contributed by atoms with Crippen LogP contribution >= 0.6 is 45.9 Å². The van der Waals surface area contributed by atoms with Gasteiger partial charge in [0.25, 0.3) is 0 Å². The van der Waals surface area contributed by atoms with Crippen LogP contribution in [-0.2, 0) is 23.8 Å². The van der Waals surface area contributed by atoms with Gasteiger partial charge in [-0.1, -0.05) is 317 Å². The van der Waals surface area contributed by atoms with Gasteiger partial charge < -0.3 is 13.7 Å². The molecule has 1 saturated carbocycles. The van der Waals surface area contributed by atoms with Gasteiger partial charge in [-0.15, -0.1) is 22.7 Å². The molecule has 2 aliphatic rings.